The first-order valence-corrected chi connectivity index (χ1v) is 9.93. The fraction of sp³-hybridized carbons (Fsp3) is 0.400. The Morgan fingerprint density at radius 2 is 1.85 bits per heavy atom. The van der Waals surface area contributed by atoms with E-state index in [1.807, 2.05) is 6.07 Å². The van der Waals surface area contributed by atoms with Gasteiger partial charge in [0.15, 0.2) is 5.65 Å². The highest BCUT2D eigenvalue weighted by Crippen LogP contribution is 2.31. The van der Waals surface area contributed by atoms with Crippen LogP contribution in [0.25, 0.3) is 22.4 Å². The molecule has 2 aromatic heterocycles. The molecule has 5 rings (SSSR count). The van der Waals surface area contributed by atoms with Gasteiger partial charge in [-0.1, -0.05) is 23.7 Å². The van der Waals surface area contributed by atoms with Crippen molar-refractivity contribution in [2.75, 3.05) is 31.1 Å². The first-order valence-electron chi connectivity index (χ1n) is 9.55. The lowest BCUT2D eigenvalue weighted by molar-refractivity contribution is 0.110. The Kier molecular flexibility index (Phi) is 4.38. The highest BCUT2D eigenvalue weighted by molar-refractivity contribution is 6.33. The van der Waals surface area contributed by atoms with Crippen LogP contribution in [0.5, 0.6) is 6.01 Å². The Balaban J connectivity index is 1.42. The molecular formula is C20H22ClN5O. The van der Waals surface area contributed by atoms with Gasteiger partial charge in [-0.25, -0.2) is 4.98 Å². The average molecular weight is 384 g/mol. The molecule has 2 aliphatic rings. The first kappa shape index (κ1) is 16.8. The van der Waals surface area contributed by atoms with E-state index in [9.17, 15) is 0 Å². The van der Waals surface area contributed by atoms with Crippen LogP contribution in [-0.4, -0.2) is 47.2 Å². The number of hydrogen-bond donors (Lipinski definition) is 2. The number of H-pyrrole nitrogens is 1. The largest absolute Gasteiger partial charge is 0.461 e. The number of nitrogens with one attached hydrogen (secondary N) is 2. The SMILES string of the molecule is Clc1cc2[nH]c(OC3CCC3)nc2nc1-c1ccc(N2CCNCC2)cc1. The summed E-state index contributed by atoms with van der Waals surface area (Å²) in [6.45, 7) is 4.11. The van der Waals surface area contributed by atoms with Crippen LogP contribution in [0.1, 0.15) is 19.3 Å². The number of aromatic nitrogens is 3. The van der Waals surface area contributed by atoms with Gasteiger partial charge in [-0.15, -0.1) is 0 Å². The quantitative estimate of drug-likeness (QED) is 0.720. The molecule has 0 radical (unpaired) electrons. The summed E-state index contributed by atoms with van der Waals surface area (Å²) in [7, 11) is 0. The van der Waals surface area contributed by atoms with E-state index in [4.69, 9.17) is 16.3 Å². The fourth-order valence-electron chi connectivity index (χ4n) is 3.55. The normalized spacial score (nSPS) is 17.9. The maximum Gasteiger partial charge on any atom is 0.296 e. The number of fused-ring (bicyclic) bond motifs is 1. The van der Waals surface area contributed by atoms with Crippen LogP contribution in [0.15, 0.2) is 30.3 Å². The predicted octanol–water partition coefficient (Wildman–Crippen LogP) is 3.62. The van der Waals surface area contributed by atoms with Gasteiger partial charge in [-0.2, -0.15) is 4.98 Å². The molecule has 0 atom stereocenters. The molecule has 1 aromatic carbocycles. The molecule has 0 unspecified atom stereocenters. The Morgan fingerprint density at radius 1 is 1.07 bits per heavy atom. The van der Waals surface area contributed by atoms with Crippen molar-refractivity contribution >= 4 is 28.5 Å². The average Bonchev–Trinajstić information content (AvgIpc) is 3.06. The Morgan fingerprint density at radius 3 is 2.56 bits per heavy atom. The van der Waals surface area contributed by atoms with Gasteiger partial charge in [0, 0.05) is 37.4 Å². The summed E-state index contributed by atoms with van der Waals surface area (Å²) in [5, 5.41) is 3.99. The Hall–Kier alpha value is -2.31. The van der Waals surface area contributed by atoms with Gasteiger partial charge in [0.2, 0.25) is 0 Å². The smallest absolute Gasteiger partial charge is 0.296 e. The third-order valence-electron chi connectivity index (χ3n) is 5.36. The van der Waals surface area contributed by atoms with Crippen molar-refractivity contribution in [2.45, 2.75) is 25.4 Å². The van der Waals surface area contributed by atoms with Crippen LogP contribution in [0.4, 0.5) is 5.69 Å². The van der Waals surface area contributed by atoms with Gasteiger partial charge in [-0.05, 0) is 37.5 Å². The molecular weight excluding hydrogens is 362 g/mol. The fourth-order valence-corrected chi connectivity index (χ4v) is 3.81. The van der Waals surface area contributed by atoms with Crippen LogP contribution < -0.4 is 15.0 Å². The van der Waals surface area contributed by atoms with Crippen molar-refractivity contribution in [3.63, 3.8) is 0 Å². The summed E-state index contributed by atoms with van der Waals surface area (Å²) < 4.78 is 5.84. The number of rotatable bonds is 4. The van der Waals surface area contributed by atoms with Crippen molar-refractivity contribution in [1.29, 1.82) is 0 Å². The van der Waals surface area contributed by atoms with Crippen molar-refractivity contribution in [2.24, 2.45) is 0 Å². The summed E-state index contributed by atoms with van der Waals surface area (Å²) in [5.41, 5.74) is 4.40. The third-order valence-corrected chi connectivity index (χ3v) is 5.65. The number of anilines is 1. The van der Waals surface area contributed by atoms with Gasteiger partial charge in [-0.3, -0.25) is 0 Å². The molecule has 7 heteroatoms. The number of nitrogens with zero attached hydrogens (tertiary/aromatic N) is 3. The zero-order chi connectivity index (χ0) is 18.2. The van der Waals surface area contributed by atoms with Crippen LogP contribution in [0.3, 0.4) is 0 Å². The summed E-state index contributed by atoms with van der Waals surface area (Å²) in [4.78, 5) is 14.7. The molecule has 0 amide bonds. The topological polar surface area (TPSA) is 66.1 Å². The predicted molar refractivity (Wildman–Crippen MR) is 108 cm³/mol. The minimum absolute atomic E-state index is 0.276. The minimum atomic E-state index is 0.276. The standard InChI is InChI=1S/C20H22ClN5O/c21-16-12-17-19(25-20(23-17)27-15-2-1-3-15)24-18(16)13-4-6-14(7-5-13)26-10-8-22-9-11-26/h4-7,12,15,22H,1-3,8-11H2,(H,23,24,25). The van der Waals surface area contributed by atoms with Crippen LogP contribution >= 0.6 is 11.6 Å². The first-order chi connectivity index (χ1) is 13.3. The summed E-state index contributed by atoms with van der Waals surface area (Å²) >= 11 is 6.51. The summed E-state index contributed by atoms with van der Waals surface area (Å²) in [5.74, 6) is 0. The number of benzene rings is 1. The number of hydrogen-bond acceptors (Lipinski definition) is 5. The van der Waals surface area contributed by atoms with E-state index in [0.29, 0.717) is 16.7 Å². The molecule has 2 N–H and O–H groups in total. The van der Waals surface area contributed by atoms with E-state index in [1.54, 1.807) is 0 Å². The second-order valence-electron chi connectivity index (χ2n) is 7.19. The Bertz CT molecular complexity index is 945. The second kappa shape index (κ2) is 7.02. The van der Waals surface area contributed by atoms with E-state index in [-0.39, 0.29) is 6.10 Å². The second-order valence-corrected chi connectivity index (χ2v) is 7.59. The number of imidazole rings is 1. The molecule has 1 saturated carbocycles. The molecule has 3 aromatic rings. The molecule has 3 heterocycles. The third kappa shape index (κ3) is 3.35. The number of piperazine rings is 1. The zero-order valence-corrected chi connectivity index (χ0v) is 15.8. The highest BCUT2D eigenvalue weighted by Gasteiger charge is 2.21. The monoisotopic (exact) mass is 383 g/mol. The van der Waals surface area contributed by atoms with Gasteiger partial charge in [0.25, 0.3) is 6.01 Å². The summed E-state index contributed by atoms with van der Waals surface area (Å²) in [6.07, 6.45) is 3.69. The highest BCUT2D eigenvalue weighted by atomic mass is 35.5. The van der Waals surface area contributed by atoms with Crippen LogP contribution in [0.2, 0.25) is 5.02 Å². The van der Waals surface area contributed by atoms with Crippen LogP contribution in [0, 0.1) is 0 Å². The van der Waals surface area contributed by atoms with Crippen molar-refractivity contribution in [3.05, 3.63) is 35.4 Å². The lowest BCUT2D eigenvalue weighted by atomic mass is 9.96. The summed E-state index contributed by atoms with van der Waals surface area (Å²) in [6, 6.07) is 10.8. The van der Waals surface area contributed by atoms with E-state index in [2.05, 4.69) is 49.4 Å². The lowest BCUT2D eigenvalue weighted by Crippen LogP contribution is -2.43. The molecule has 1 aliphatic carbocycles. The molecule has 27 heavy (non-hydrogen) atoms. The molecule has 1 aliphatic heterocycles. The number of pyridine rings is 1. The zero-order valence-electron chi connectivity index (χ0n) is 15.0. The van der Waals surface area contributed by atoms with Crippen LogP contribution in [-0.2, 0) is 0 Å². The maximum absolute atomic E-state index is 6.51. The van der Waals surface area contributed by atoms with E-state index >= 15 is 0 Å². The van der Waals surface area contributed by atoms with E-state index in [1.165, 1.54) is 12.1 Å². The van der Waals surface area contributed by atoms with Gasteiger partial charge >= 0.3 is 0 Å². The molecule has 2 fully saturated rings. The van der Waals surface area contributed by atoms with Crippen molar-refractivity contribution in [1.82, 2.24) is 20.3 Å². The van der Waals surface area contributed by atoms with Gasteiger partial charge < -0.3 is 19.9 Å². The molecule has 1 saturated heterocycles. The number of halogens is 1. The van der Waals surface area contributed by atoms with Crippen molar-refractivity contribution < 1.29 is 4.74 Å². The number of aromatic amines is 1. The van der Waals surface area contributed by atoms with E-state index in [0.717, 1.165) is 55.8 Å². The lowest BCUT2D eigenvalue weighted by Gasteiger charge is -2.29. The number of ether oxygens (including phenoxy) is 1. The molecule has 140 valence electrons. The maximum atomic E-state index is 6.51. The Labute approximate surface area is 162 Å². The van der Waals surface area contributed by atoms with Gasteiger partial charge in [0.05, 0.1) is 16.2 Å². The minimum Gasteiger partial charge on any atom is -0.461 e. The molecule has 6 nitrogen and oxygen atoms in total. The molecule has 0 bridgehead atoms. The van der Waals surface area contributed by atoms with Crippen molar-refractivity contribution in [3.8, 4) is 17.3 Å². The van der Waals surface area contributed by atoms with E-state index < -0.39 is 0 Å². The van der Waals surface area contributed by atoms with Gasteiger partial charge in [0.1, 0.15) is 6.10 Å². The molecule has 0 spiro atoms.